The minimum Gasteiger partial charge on any atom is -0.376 e. The third-order valence-electron chi connectivity index (χ3n) is 4.80. The SMILES string of the molecule is CCCC(=O)Nc1ccc(NC(=O)CNc2cccc(C(=O)NCc3ccccc3)c2)cc1. The molecule has 3 aromatic carbocycles. The average molecular weight is 445 g/mol. The standard InChI is InChI=1S/C26H28N4O3/c1-2-7-24(31)29-21-12-14-22(15-13-21)30-25(32)18-27-23-11-6-10-20(16-23)26(33)28-17-19-8-4-3-5-9-19/h3-6,8-16,27H,2,7,17-18H2,1H3,(H,28,33)(H,29,31)(H,30,32). The molecule has 33 heavy (non-hydrogen) atoms. The van der Waals surface area contributed by atoms with Crippen molar-refractivity contribution in [2.24, 2.45) is 0 Å². The highest BCUT2D eigenvalue weighted by atomic mass is 16.2. The van der Waals surface area contributed by atoms with Crippen molar-refractivity contribution < 1.29 is 14.4 Å². The summed E-state index contributed by atoms with van der Waals surface area (Å²) in [7, 11) is 0. The first kappa shape index (κ1) is 23.5. The molecule has 7 nitrogen and oxygen atoms in total. The van der Waals surface area contributed by atoms with Crippen LogP contribution < -0.4 is 21.3 Å². The van der Waals surface area contributed by atoms with Gasteiger partial charge in [-0.15, -0.1) is 0 Å². The Bertz CT molecular complexity index is 1080. The van der Waals surface area contributed by atoms with Crippen LogP contribution in [0.5, 0.6) is 0 Å². The number of amides is 3. The highest BCUT2D eigenvalue weighted by Crippen LogP contribution is 2.15. The molecule has 3 rings (SSSR count). The molecule has 0 atom stereocenters. The van der Waals surface area contributed by atoms with Gasteiger partial charge >= 0.3 is 0 Å². The maximum atomic E-state index is 12.4. The monoisotopic (exact) mass is 444 g/mol. The van der Waals surface area contributed by atoms with Crippen molar-refractivity contribution >= 4 is 34.8 Å². The number of anilines is 3. The van der Waals surface area contributed by atoms with Crippen molar-refractivity contribution in [1.82, 2.24) is 5.32 Å². The second kappa shape index (κ2) is 12.0. The van der Waals surface area contributed by atoms with Gasteiger partial charge in [-0.25, -0.2) is 0 Å². The van der Waals surface area contributed by atoms with Gasteiger partial charge in [0.05, 0.1) is 6.54 Å². The van der Waals surface area contributed by atoms with Gasteiger partial charge in [0.1, 0.15) is 0 Å². The second-order valence-electron chi connectivity index (χ2n) is 7.53. The molecule has 0 spiro atoms. The van der Waals surface area contributed by atoms with Gasteiger partial charge in [0, 0.05) is 35.6 Å². The fourth-order valence-corrected chi connectivity index (χ4v) is 3.13. The Balaban J connectivity index is 1.47. The largest absolute Gasteiger partial charge is 0.376 e. The number of rotatable bonds is 10. The van der Waals surface area contributed by atoms with Crippen LogP contribution >= 0.6 is 0 Å². The average Bonchev–Trinajstić information content (AvgIpc) is 2.83. The van der Waals surface area contributed by atoms with Crippen molar-refractivity contribution in [2.75, 3.05) is 22.5 Å². The summed E-state index contributed by atoms with van der Waals surface area (Å²) in [5, 5.41) is 11.5. The molecule has 0 aromatic heterocycles. The van der Waals surface area contributed by atoms with E-state index in [9.17, 15) is 14.4 Å². The van der Waals surface area contributed by atoms with Gasteiger partial charge in [-0.1, -0.05) is 43.3 Å². The molecule has 0 saturated heterocycles. The van der Waals surface area contributed by atoms with E-state index in [4.69, 9.17) is 0 Å². The Labute approximate surface area is 193 Å². The van der Waals surface area contributed by atoms with E-state index in [0.29, 0.717) is 35.6 Å². The van der Waals surface area contributed by atoms with Crippen LogP contribution in [0.15, 0.2) is 78.9 Å². The zero-order chi connectivity index (χ0) is 23.5. The molecule has 0 bridgehead atoms. The number of benzene rings is 3. The van der Waals surface area contributed by atoms with E-state index in [1.807, 2.05) is 37.3 Å². The summed E-state index contributed by atoms with van der Waals surface area (Å²) >= 11 is 0. The fraction of sp³-hybridized carbons (Fsp3) is 0.192. The van der Waals surface area contributed by atoms with Crippen molar-refractivity contribution in [1.29, 1.82) is 0 Å². The molecule has 0 saturated carbocycles. The van der Waals surface area contributed by atoms with E-state index >= 15 is 0 Å². The topological polar surface area (TPSA) is 99.3 Å². The summed E-state index contributed by atoms with van der Waals surface area (Å²) in [5.74, 6) is -0.441. The number of hydrogen-bond donors (Lipinski definition) is 4. The van der Waals surface area contributed by atoms with Crippen LogP contribution in [-0.2, 0) is 16.1 Å². The molecule has 3 aromatic rings. The van der Waals surface area contributed by atoms with Gasteiger partial charge in [0.15, 0.2) is 0 Å². The van der Waals surface area contributed by atoms with Gasteiger partial charge in [0.2, 0.25) is 11.8 Å². The Hall–Kier alpha value is -4.13. The van der Waals surface area contributed by atoms with Crippen LogP contribution in [0.2, 0.25) is 0 Å². The number of nitrogens with one attached hydrogen (secondary N) is 4. The Morgan fingerprint density at radius 2 is 1.39 bits per heavy atom. The van der Waals surface area contributed by atoms with Gasteiger partial charge in [-0.2, -0.15) is 0 Å². The second-order valence-corrected chi connectivity index (χ2v) is 7.53. The minimum absolute atomic E-state index is 0.0329. The highest BCUT2D eigenvalue weighted by molar-refractivity contribution is 5.96. The maximum Gasteiger partial charge on any atom is 0.251 e. The lowest BCUT2D eigenvalue weighted by molar-refractivity contribution is -0.116. The predicted octanol–water partition coefficient (Wildman–Crippen LogP) is 4.41. The third kappa shape index (κ3) is 7.81. The van der Waals surface area contributed by atoms with Crippen LogP contribution in [0.3, 0.4) is 0 Å². The molecule has 3 amide bonds. The lowest BCUT2D eigenvalue weighted by atomic mass is 10.1. The van der Waals surface area contributed by atoms with Crippen LogP contribution in [-0.4, -0.2) is 24.3 Å². The number of hydrogen-bond acceptors (Lipinski definition) is 4. The Morgan fingerprint density at radius 3 is 2.06 bits per heavy atom. The van der Waals surface area contributed by atoms with E-state index < -0.39 is 0 Å². The molecular formula is C26H28N4O3. The highest BCUT2D eigenvalue weighted by Gasteiger charge is 2.08. The summed E-state index contributed by atoms with van der Waals surface area (Å²) < 4.78 is 0. The van der Waals surface area contributed by atoms with Crippen molar-refractivity contribution in [2.45, 2.75) is 26.3 Å². The summed E-state index contributed by atoms with van der Waals surface area (Å²) in [5.41, 5.74) is 3.52. The zero-order valence-electron chi connectivity index (χ0n) is 18.6. The molecule has 0 fully saturated rings. The zero-order valence-corrected chi connectivity index (χ0v) is 18.6. The molecule has 4 N–H and O–H groups in total. The molecule has 0 heterocycles. The third-order valence-corrected chi connectivity index (χ3v) is 4.80. The Morgan fingerprint density at radius 1 is 0.727 bits per heavy atom. The van der Waals surface area contributed by atoms with Crippen molar-refractivity contribution in [3.8, 4) is 0 Å². The summed E-state index contributed by atoms with van der Waals surface area (Å²) in [6.45, 7) is 2.44. The van der Waals surface area contributed by atoms with Crippen LogP contribution in [0.4, 0.5) is 17.1 Å². The lowest BCUT2D eigenvalue weighted by Crippen LogP contribution is -2.23. The number of carbonyl (C=O) groups is 3. The smallest absolute Gasteiger partial charge is 0.251 e. The van der Waals surface area contributed by atoms with Crippen molar-refractivity contribution in [3.05, 3.63) is 90.0 Å². The normalized spacial score (nSPS) is 10.2. The molecule has 0 unspecified atom stereocenters. The quantitative estimate of drug-likeness (QED) is 0.372. The van der Waals surface area contributed by atoms with Gasteiger partial charge < -0.3 is 21.3 Å². The molecule has 0 aliphatic carbocycles. The maximum absolute atomic E-state index is 12.4. The van der Waals surface area contributed by atoms with Crippen molar-refractivity contribution in [3.63, 3.8) is 0 Å². The molecular weight excluding hydrogens is 416 g/mol. The molecule has 0 aliphatic rings. The summed E-state index contributed by atoms with van der Waals surface area (Å²) in [6, 6.07) is 23.6. The summed E-state index contributed by atoms with van der Waals surface area (Å²) in [4.78, 5) is 36.4. The predicted molar refractivity (Wildman–Crippen MR) is 131 cm³/mol. The summed E-state index contributed by atoms with van der Waals surface area (Å²) in [6.07, 6.45) is 1.26. The molecule has 0 radical (unpaired) electrons. The van der Waals surface area contributed by atoms with Crippen LogP contribution in [0.25, 0.3) is 0 Å². The van der Waals surface area contributed by atoms with E-state index in [1.165, 1.54) is 0 Å². The van der Waals surface area contributed by atoms with E-state index in [1.54, 1.807) is 48.5 Å². The van der Waals surface area contributed by atoms with Crippen LogP contribution in [0, 0.1) is 0 Å². The Kier molecular flexibility index (Phi) is 8.59. The van der Waals surface area contributed by atoms with E-state index in [-0.39, 0.29) is 24.3 Å². The van der Waals surface area contributed by atoms with Gasteiger partial charge in [-0.3, -0.25) is 14.4 Å². The first-order chi connectivity index (χ1) is 16.0. The number of carbonyl (C=O) groups excluding carboxylic acids is 3. The molecule has 170 valence electrons. The van der Waals surface area contributed by atoms with Gasteiger partial charge in [0.25, 0.3) is 5.91 Å². The van der Waals surface area contributed by atoms with Gasteiger partial charge in [-0.05, 0) is 54.4 Å². The molecule has 7 heteroatoms. The van der Waals surface area contributed by atoms with E-state index in [0.717, 1.165) is 12.0 Å². The molecule has 0 aliphatic heterocycles. The minimum atomic E-state index is -0.225. The lowest BCUT2D eigenvalue weighted by Gasteiger charge is -2.10. The fourth-order valence-electron chi connectivity index (χ4n) is 3.13. The van der Waals surface area contributed by atoms with E-state index in [2.05, 4.69) is 21.3 Å². The van der Waals surface area contributed by atoms with Crippen LogP contribution in [0.1, 0.15) is 35.7 Å². The first-order valence-corrected chi connectivity index (χ1v) is 10.9. The first-order valence-electron chi connectivity index (χ1n) is 10.9.